The molecule has 9 nitrogen and oxygen atoms in total. The van der Waals surface area contributed by atoms with Gasteiger partial charge in [-0.25, -0.2) is 4.39 Å². The fourth-order valence-corrected chi connectivity index (χ4v) is 4.27. The van der Waals surface area contributed by atoms with Crippen LogP contribution in [0.2, 0.25) is 0 Å². The third-order valence-electron chi connectivity index (χ3n) is 5.10. The average molecular weight is 594 g/mol. The maximum absolute atomic E-state index is 14.3. The predicted octanol–water partition coefficient (Wildman–Crippen LogP) is 5.92. The Morgan fingerprint density at radius 3 is 2.74 bits per heavy atom. The van der Waals surface area contributed by atoms with E-state index in [0.29, 0.717) is 26.7 Å². The lowest BCUT2D eigenvalue weighted by atomic mass is 10.00. The molecule has 3 heterocycles. The second-order valence-electron chi connectivity index (χ2n) is 7.44. The van der Waals surface area contributed by atoms with Crippen LogP contribution in [0.5, 0.6) is 5.75 Å². The van der Waals surface area contributed by atoms with Crippen molar-refractivity contribution in [1.29, 1.82) is 0 Å². The highest BCUT2D eigenvalue weighted by Gasteiger charge is 2.24. The van der Waals surface area contributed by atoms with Gasteiger partial charge in [0, 0.05) is 35.5 Å². The lowest BCUT2D eigenvalue weighted by molar-refractivity contribution is -0.390. The van der Waals surface area contributed by atoms with Gasteiger partial charge in [0.05, 0.1) is 22.9 Å². The summed E-state index contributed by atoms with van der Waals surface area (Å²) in [7, 11) is 0. The van der Waals surface area contributed by atoms with Crippen molar-refractivity contribution >= 4 is 37.7 Å². The first-order valence-corrected chi connectivity index (χ1v) is 11.8. The van der Waals surface area contributed by atoms with Crippen molar-refractivity contribution in [3.63, 3.8) is 0 Å². The topological polar surface area (TPSA) is 101 Å². The van der Waals surface area contributed by atoms with Gasteiger partial charge in [0.25, 0.3) is 0 Å². The predicted molar refractivity (Wildman–Crippen MR) is 130 cm³/mol. The maximum atomic E-state index is 14.3. The van der Waals surface area contributed by atoms with Crippen LogP contribution in [-0.4, -0.2) is 29.5 Å². The Kier molecular flexibility index (Phi) is 7.08. The van der Waals surface area contributed by atoms with Crippen LogP contribution < -0.4 is 4.74 Å². The SMILES string of the molecule is CCn1cc(Cn2nc(Br)cc2-c2ccc(F)cc2[C@@H](C)Oc2cc(Br)cnc2[N+](=O)[O-])cn1. The summed E-state index contributed by atoms with van der Waals surface area (Å²) >= 11 is 6.69. The molecule has 0 N–H and O–H groups in total. The second-order valence-corrected chi connectivity index (χ2v) is 9.17. The molecule has 0 saturated carbocycles. The van der Waals surface area contributed by atoms with Gasteiger partial charge in [0.2, 0.25) is 5.75 Å². The first-order chi connectivity index (χ1) is 16.2. The monoisotopic (exact) mass is 592 g/mol. The molecule has 0 unspecified atom stereocenters. The Morgan fingerprint density at radius 2 is 2.03 bits per heavy atom. The van der Waals surface area contributed by atoms with E-state index in [1.807, 2.05) is 23.9 Å². The molecule has 1 atom stereocenters. The van der Waals surface area contributed by atoms with Gasteiger partial charge in [-0.3, -0.25) is 9.36 Å². The summed E-state index contributed by atoms with van der Waals surface area (Å²) in [6.07, 6.45) is 4.31. The van der Waals surface area contributed by atoms with Gasteiger partial charge in [0.15, 0.2) is 6.20 Å². The summed E-state index contributed by atoms with van der Waals surface area (Å²) in [5, 5.41) is 20.2. The van der Waals surface area contributed by atoms with Crippen molar-refractivity contribution in [3.8, 4) is 17.0 Å². The molecule has 4 rings (SSSR count). The summed E-state index contributed by atoms with van der Waals surface area (Å²) < 4.78 is 25.0. The molecule has 0 bridgehead atoms. The van der Waals surface area contributed by atoms with Gasteiger partial charge >= 0.3 is 5.82 Å². The van der Waals surface area contributed by atoms with Crippen molar-refractivity contribution in [2.45, 2.75) is 33.0 Å². The molecular formula is C22H19Br2FN6O3. The Bertz CT molecular complexity index is 1360. The number of pyridine rings is 1. The third kappa shape index (κ3) is 5.17. The average Bonchev–Trinajstić information content (AvgIpc) is 3.39. The van der Waals surface area contributed by atoms with Crippen LogP contribution in [0.25, 0.3) is 11.3 Å². The minimum Gasteiger partial charge on any atom is -0.478 e. The number of nitro groups is 1. The van der Waals surface area contributed by atoms with Crippen LogP contribution in [0.1, 0.15) is 31.1 Å². The van der Waals surface area contributed by atoms with E-state index in [1.165, 1.54) is 24.4 Å². The molecule has 0 aliphatic carbocycles. The molecule has 34 heavy (non-hydrogen) atoms. The Morgan fingerprint density at radius 1 is 1.24 bits per heavy atom. The Hall–Kier alpha value is -3.12. The van der Waals surface area contributed by atoms with Crippen molar-refractivity contribution in [2.75, 3.05) is 0 Å². The number of hydrogen-bond acceptors (Lipinski definition) is 6. The van der Waals surface area contributed by atoms with E-state index >= 15 is 0 Å². The summed E-state index contributed by atoms with van der Waals surface area (Å²) in [5.41, 5.74) is 2.87. The molecule has 0 amide bonds. The van der Waals surface area contributed by atoms with Crippen molar-refractivity contribution in [2.24, 2.45) is 0 Å². The fraction of sp³-hybridized carbons (Fsp3) is 0.227. The van der Waals surface area contributed by atoms with Gasteiger partial charge in [-0.15, -0.1) is 0 Å². The molecule has 0 fully saturated rings. The molecule has 3 aromatic heterocycles. The van der Waals surface area contributed by atoms with E-state index < -0.39 is 22.7 Å². The Balaban J connectivity index is 1.73. The van der Waals surface area contributed by atoms with Crippen LogP contribution >= 0.6 is 31.9 Å². The summed E-state index contributed by atoms with van der Waals surface area (Å²) in [6.45, 7) is 4.91. The van der Waals surface area contributed by atoms with Gasteiger partial charge in [-0.1, -0.05) is 0 Å². The molecule has 12 heteroatoms. The van der Waals surface area contributed by atoms with E-state index in [0.717, 1.165) is 17.8 Å². The molecular weight excluding hydrogens is 575 g/mol. The largest absolute Gasteiger partial charge is 0.478 e. The summed E-state index contributed by atoms with van der Waals surface area (Å²) in [5.74, 6) is -0.900. The Labute approximate surface area is 211 Å². The second kappa shape index (κ2) is 10.0. The molecule has 0 spiro atoms. The number of hydrogen-bond donors (Lipinski definition) is 0. The lowest BCUT2D eigenvalue weighted by Gasteiger charge is -2.19. The highest BCUT2D eigenvalue weighted by atomic mass is 79.9. The number of ether oxygens (including phenoxy) is 1. The van der Waals surface area contributed by atoms with Gasteiger partial charge in [-0.2, -0.15) is 10.2 Å². The number of benzene rings is 1. The van der Waals surface area contributed by atoms with Crippen LogP contribution in [0.3, 0.4) is 0 Å². The van der Waals surface area contributed by atoms with E-state index in [1.54, 1.807) is 23.9 Å². The quantitative estimate of drug-likeness (QED) is 0.186. The number of aryl methyl sites for hydroxylation is 1. The normalized spacial score (nSPS) is 12.0. The molecule has 176 valence electrons. The smallest absolute Gasteiger partial charge is 0.406 e. The van der Waals surface area contributed by atoms with E-state index in [2.05, 4.69) is 47.0 Å². The molecule has 1 aromatic carbocycles. The minimum atomic E-state index is -0.731. The molecule has 0 aliphatic heterocycles. The number of aromatic nitrogens is 5. The van der Waals surface area contributed by atoms with Gasteiger partial charge in [0.1, 0.15) is 16.5 Å². The van der Waals surface area contributed by atoms with Crippen molar-refractivity contribution < 1.29 is 14.1 Å². The zero-order chi connectivity index (χ0) is 24.4. The number of nitrogens with zero attached hydrogens (tertiary/aromatic N) is 6. The van der Waals surface area contributed by atoms with Crippen LogP contribution in [0, 0.1) is 15.9 Å². The van der Waals surface area contributed by atoms with Gasteiger partial charge in [-0.05, 0) is 79.9 Å². The maximum Gasteiger partial charge on any atom is 0.406 e. The van der Waals surface area contributed by atoms with Crippen LogP contribution in [-0.2, 0) is 13.1 Å². The molecule has 0 saturated heterocycles. The zero-order valence-electron chi connectivity index (χ0n) is 18.2. The van der Waals surface area contributed by atoms with Gasteiger partial charge < -0.3 is 14.9 Å². The third-order valence-corrected chi connectivity index (χ3v) is 5.92. The van der Waals surface area contributed by atoms with Crippen LogP contribution in [0.15, 0.2) is 58.0 Å². The van der Waals surface area contributed by atoms with Crippen LogP contribution in [0.4, 0.5) is 10.2 Å². The number of rotatable bonds is 8. The van der Waals surface area contributed by atoms with E-state index in [9.17, 15) is 14.5 Å². The summed E-state index contributed by atoms with van der Waals surface area (Å²) in [4.78, 5) is 14.6. The first kappa shape index (κ1) is 24.0. The highest BCUT2D eigenvalue weighted by molar-refractivity contribution is 9.10. The summed E-state index contributed by atoms with van der Waals surface area (Å²) in [6, 6.07) is 7.66. The molecule has 0 aliphatic rings. The van der Waals surface area contributed by atoms with Crippen molar-refractivity contribution in [1.82, 2.24) is 24.5 Å². The standard InChI is InChI=1S/C22H19Br2FN6O3/c1-3-29-11-14(9-27-29)12-30-19(8-21(24)28-30)17-5-4-16(25)7-18(17)13(2)34-20-6-15(23)10-26-22(20)31(32)33/h4-11,13H,3,12H2,1-2H3/t13-/m1/s1. The lowest BCUT2D eigenvalue weighted by Crippen LogP contribution is -2.10. The fourth-order valence-electron chi connectivity index (χ4n) is 3.55. The molecule has 4 aromatic rings. The zero-order valence-corrected chi connectivity index (χ0v) is 21.3. The molecule has 0 radical (unpaired) electrons. The first-order valence-electron chi connectivity index (χ1n) is 10.3. The highest BCUT2D eigenvalue weighted by Crippen LogP contribution is 2.36. The van der Waals surface area contributed by atoms with E-state index in [-0.39, 0.29) is 5.75 Å². The minimum absolute atomic E-state index is 0.0243. The van der Waals surface area contributed by atoms with E-state index in [4.69, 9.17) is 4.74 Å². The van der Waals surface area contributed by atoms with Crippen molar-refractivity contribution in [3.05, 3.63) is 85.1 Å². The number of halogens is 3.